The van der Waals surface area contributed by atoms with Crippen molar-refractivity contribution < 1.29 is 19.4 Å². The summed E-state index contributed by atoms with van der Waals surface area (Å²) in [4.78, 5) is 27.0. The van der Waals surface area contributed by atoms with Gasteiger partial charge in [0.1, 0.15) is 11.4 Å². The molecule has 0 radical (unpaired) electrons. The lowest BCUT2D eigenvalue weighted by molar-refractivity contribution is 0.0921. The predicted octanol–water partition coefficient (Wildman–Crippen LogP) is 0.883. The van der Waals surface area contributed by atoms with E-state index >= 15 is 0 Å². The standard InChI is InChI=1S/C10H12N2O4/c1-12(10(14)15)6-7(13)9-8(16-2)4-3-5-11-9/h3-5H,6H2,1-2H3,(H,14,15). The van der Waals surface area contributed by atoms with E-state index in [1.54, 1.807) is 12.1 Å². The zero-order valence-corrected chi connectivity index (χ0v) is 9.01. The van der Waals surface area contributed by atoms with Crippen molar-refractivity contribution in [3.63, 3.8) is 0 Å². The van der Waals surface area contributed by atoms with Crippen molar-refractivity contribution in [2.45, 2.75) is 0 Å². The molecule has 16 heavy (non-hydrogen) atoms. The van der Waals surface area contributed by atoms with Gasteiger partial charge in [-0.1, -0.05) is 0 Å². The summed E-state index contributed by atoms with van der Waals surface area (Å²) in [6, 6.07) is 3.23. The number of ketones is 1. The number of hydrogen-bond donors (Lipinski definition) is 1. The molecule has 0 aromatic carbocycles. The molecular weight excluding hydrogens is 212 g/mol. The molecule has 1 heterocycles. The Morgan fingerprint density at radius 3 is 2.81 bits per heavy atom. The van der Waals surface area contributed by atoms with E-state index in [0.29, 0.717) is 5.75 Å². The van der Waals surface area contributed by atoms with Crippen molar-refractivity contribution >= 4 is 11.9 Å². The van der Waals surface area contributed by atoms with E-state index in [1.165, 1.54) is 20.4 Å². The fraction of sp³-hybridized carbons (Fsp3) is 0.300. The molecule has 1 aromatic rings. The Balaban J connectivity index is 2.84. The number of aromatic nitrogens is 1. The van der Waals surface area contributed by atoms with Gasteiger partial charge < -0.3 is 14.7 Å². The highest BCUT2D eigenvalue weighted by Gasteiger charge is 2.17. The van der Waals surface area contributed by atoms with Crippen LogP contribution in [-0.4, -0.2) is 47.6 Å². The number of ether oxygens (including phenoxy) is 1. The maximum Gasteiger partial charge on any atom is 0.407 e. The van der Waals surface area contributed by atoms with Crippen LogP contribution in [0.4, 0.5) is 4.79 Å². The Hall–Kier alpha value is -2.11. The van der Waals surface area contributed by atoms with E-state index in [2.05, 4.69) is 4.98 Å². The average Bonchev–Trinajstić information content (AvgIpc) is 2.28. The molecule has 0 saturated heterocycles. The number of carbonyl (C=O) groups is 2. The molecule has 6 nitrogen and oxygen atoms in total. The SMILES string of the molecule is COc1cccnc1C(=O)CN(C)C(=O)O. The number of amides is 1. The molecule has 1 aromatic heterocycles. The molecular formula is C10H12N2O4. The monoisotopic (exact) mass is 224 g/mol. The summed E-state index contributed by atoms with van der Waals surface area (Å²) in [5.41, 5.74) is 0.137. The Morgan fingerprint density at radius 1 is 1.56 bits per heavy atom. The van der Waals surface area contributed by atoms with E-state index in [9.17, 15) is 9.59 Å². The molecule has 0 saturated carbocycles. The number of nitrogens with zero attached hydrogens (tertiary/aromatic N) is 2. The summed E-state index contributed by atoms with van der Waals surface area (Å²) < 4.78 is 4.96. The van der Waals surface area contributed by atoms with Crippen LogP contribution >= 0.6 is 0 Å². The Bertz CT molecular complexity index is 406. The van der Waals surface area contributed by atoms with Gasteiger partial charge in [0.2, 0.25) is 5.78 Å². The maximum absolute atomic E-state index is 11.7. The summed E-state index contributed by atoms with van der Waals surface area (Å²) in [7, 11) is 2.74. The second-order valence-corrected chi connectivity index (χ2v) is 3.12. The normalized spacial score (nSPS) is 9.62. The molecule has 0 atom stereocenters. The van der Waals surface area contributed by atoms with Crippen LogP contribution in [0, 0.1) is 0 Å². The first kappa shape index (κ1) is 12.0. The molecule has 0 bridgehead atoms. The summed E-state index contributed by atoms with van der Waals surface area (Å²) in [6.07, 6.45) is 0.291. The van der Waals surface area contributed by atoms with Crippen LogP contribution in [0.5, 0.6) is 5.75 Å². The smallest absolute Gasteiger partial charge is 0.407 e. The number of likely N-dealkylation sites (N-methyl/N-ethyl adjacent to an activating group) is 1. The quantitative estimate of drug-likeness (QED) is 0.768. The molecule has 1 N–H and O–H groups in total. The number of carboxylic acid groups (broad SMARTS) is 1. The van der Waals surface area contributed by atoms with Gasteiger partial charge in [-0.15, -0.1) is 0 Å². The Morgan fingerprint density at radius 2 is 2.25 bits per heavy atom. The van der Waals surface area contributed by atoms with Crippen LogP contribution in [0.25, 0.3) is 0 Å². The number of carbonyl (C=O) groups excluding carboxylic acids is 1. The van der Waals surface area contributed by atoms with Crippen LogP contribution < -0.4 is 4.74 Å². The van der Waals surface area contributed by atoms with Crippen molar-refractivity contribution in [1.29, 1.82) is 0 Å². The summed E-state index contributed by atoms with van der Waals surface area (Å²) in [5, 5.41) is 8.63. The molecule has 0 unspecified atom stereocenters. The van der Waals surface area contributed by atoms with Crippen molar-refractivity contribution in [2.24, 2.45) is 0 Å². The third-order valence-corrected chi connectivity index (χ3v) is 1.96. The lowest BCUT2D eigenvalue weighted by Gasteiger charge is -2.12. The van der Waals surface area contributed by atoms with Gasteiger partial charge in [0.25, 0.3) is 0 Å². The van der Waals surface area contributed by atoms with Gasteiger partial charge in [-0.3, -0.25) is 4.79 Å². The molecule has 0 aliphatic rings. The molecule has 0 aliphatic heterocycles. The molecule has 0 fully saturated rings. The summed E-state index contributed by atoms with van der Waals surface area (Å²) in [5.74, 6) is -0.0614. The number of pyridine rings is 1. The van der Waals surface area contributed by atoms with E-state index in [1.807, 2.05) is 0 Å². The molecule has 0 spiro atoms. The number of methoxy groups -OCH3 is 1. The molecule has 86 valence electrons. The molecule has 0 aliphatic carbocycles. The molecule has 1 amide bonds. The highest BCUT2D eigenvalue weighted by molar-refractivity contribution is 5.99. The van der Waals surface area contributed by atoms with Gasteiger partial charge in [0, 0.05) is 13.2 Å². The second-order valence-electron chi connectivity index (χ2n) is 3.12. The van der Waals surface area contributed by atoms with Gasteiger partial charge in [0.05, 0.1) is 13.7 Å². The highest BCUT2D eigenvalue weighted by Crippen LogP contribution is 2.15. The fourth-order valence-electron chi connectivity index (χ4n) is 1.12. The predicted molar refractivity (Wildman–Crippen MR) is 55.8 cm³/mol. The minimum Gasteiger partial charge on any atom is -0.494 e. The van der Waals surface area contributed by atoms with Gasteiger partial charge in [-0.25, -0.2) is 9.78 Å². The first-order chi connectivity index (χ1) is 7.56. The van der Waals surface area contributed by atoms with Crippen molar-refractivity contribution in [3.8, 4) is 5.75 Å². The van der Waals surface area contributed by atoms with Crippen LogP contribution in [0.1, 0.15) is 10.5 Å². The van der Waals surface area contributed by atoms with Crippen molar-refractivity contribution in [1.82, 2.24) is 9.88 Å². The van der Waals surface area contributed by atoms with Crippen LogP contribution in [-0.2, 0) is 0 Å². The summed E-state index contributed by atoms with van der Waals surface area (Å²) >= 11 is 0. The Labute approximate surface area is 92.5 Å². The zero-order valence-electron chi connectivity index (χ0n) is 9.01. The minimum absolute atomic E-state index is 0.137. The van der Waals surface area contributed by atoms with Gasteiger partial charge in [0.15, 0.2) is 0 Å². The summed E-state index contributed by atoms with van der Waals surface area (Å²) in [6.45, 7) is -0.247. The zero-order chi connectivity index (χ0) is 12.1. The highest BCUT2D eigenvalue weighted by atomic mass is 16.5. The van der Waals surface area contributed by atoms with E-state index < -0.39 is 11.9 Å². The molecule has 1 rings (SSSR count). The van der Waals surface area contributed by atoms with Gasteiger partial charge >= 0.3 is 6.09 Å². The Kier molecular flexibility index (Phi) is 3.82. The second kappa shape index (κ2) is 5.11. The van der Waals surface area contributed by atoms with Crippen LogP contribution in [0.3, 0.4) is 0 Å². The van der Waals surface area contributed by atoms with Crippen molar-refractivity contribution in [2.75, 3.05) is 20.7 Å². The lowest BCUT2D eigenvalue weighted by Crippen LogP contribution is -2.31. The van der Waals surface area contributed by atoms with E-state index in [4.69, 9.17) is 9.84 Å². The average molecular weight is 224 g/mol. The third kappa shape index (κ3) is 2.69. The van der Waals surface area contributed by atoms with Crippen LogP contribution in [0.2, 0.25) is 0 Å². The lowest BCUT2D eigenvalue weighted by atomic mass is 10.2. The fourth-order valence-corrected chi connectivity index (χ4v) is 1.12. The van der Waals surface area contributed by atoms with E-state index in [-0.39, 0.29) is 12.2 Å². The van der Waals surface area contributed by atoms with Crippen molar-refractivity contribution in [3.05, 3.63) is 24.0 Å². The number of hydrogen-bond acceptors (Lipinski definition) is 4. The van der Waals surface area contributed by atoms with Crippen LogP contribution in [0.15, 0.2) is 18.3 Å². The maximum atomic E-state index is 11.7. The largest absolute Gasteiger partial charge is 0.494 e. The third-order valence-electron chi connectivity index (χ3n) is 1.96. The van der Waals surface area contributed by atoms with Gasteiger partial charge in [-0.2, -0.15) is 0 Å². The number of Topliss-reactive ketones (excluding diaryl/α,β-unsaturated/α-hetero) is 1. The van der Waals surface area contributed by atoms with E-state index in [0.717, 1.165) is 4.90 Å². The first-order valence-electron chi connectivity index (χ1n) is 4.52. The molecule has 6 heteroatoms. The van der Waals surface area contributed by atoms with Gasteiger partial charge in [-0.05, 0) is 12.1 Å². The topological polar surface area (TPSA) is 79.7 Å². The number of rotatable bonds is 4. The minimum atomic E-state index is -1.16. The first-order valence-corrected chi connectivity index (χ1v) is 4.52.